The molecule has 0 aliphatic heterocycles. The SMILES string of the molecule is CCC(=O)O[C@]1(C(=O)SCF)CCC2[C@]34CCC5=CC([NH2+]c6ccc(F)nc6)=C(C=N)C[C@]5(C)C3(C4)[C@@H](O)C[C@@]21C. The highest BCUT2D eigenvalue weighted by atomic mass is 32.2. The van der Waals surface area contributed by atoms with E-state index in [1.807, 2.05) is 12.2 Å². The minimum Gasteiger partial charge on any atom is -0.449 e. The minimum absolute atomic E-state index is 0.0382. The molecule has 5 aliphatic rings. The first-order chi connectivity index (χ1) is 19.5. The molecule has 6 rings (SSSR count). The Hall–Kier alpha value is -2.43. The Balaban J connectivity index is 1.37. The third-order valence-electron chi connectivity index (χ3n) is 11.8. The van der Waals surface area contributed by atoms with Crippen molar-refractivity contribution in [3.05, 3.63) is 47.2 Å². The lowest BCUT2D eigenvalue weighted by Gasteiger charge is -2.60. The Morgan fingerprint density at radius 3 is 2.76 bits per heavy atom. The molecule has 1 aromatic rings. The molecule has 220 valence electrons. The molecule has 1 aromatic heterocycles. The van der Waals surface area contributed by atoms with Crippen LogP contribution in [0.5, 0.6) is 0 Å². The molecule has 4 saturated carbocycles. The number of thioether (sulfide) groups is 1. The van der Waals surface area contributed by atoms with E-state index >= 15 is 0 Å². The molecule has 1 heterocycles. The monoisotopic (exact) mass is 586 g/mol. The minimum atomic E-state index is -1.46. The molecular weight excluding hydrogens is 548 g/mol. The number of nitrogens with two attached hydrogens (primary N) is 1. The Kier molecular flexibility index (Phi) is 6.67. The number of esters is 1. The Morgan fingerprint density at radius 2 is 2.10 bits per heavy atom. The third kappa shape index (κ3) is 3.62. The van der Waals surface area contributed by atoms with Gasteiger partial charge in [0.05, 0.1) is 12.3 Å². The summed E-state index contributed by atoms with van der Waals surface area (Å²) >= 11 is 0.565. The van der Waals surface area contributed by atoms with Crippen molar-refractivity contribution in [1.82, 2.24) is 4.98 Å². The number of alkyl halides is 1. The summed E-state index contributed by atoms with van der Waals surface area (Å²) in [6.45, 7) is 5.88. The maximum Gasteiger partial charge on any atom is 0.306 e. The highest BCUT2D eigenvalue weighted by molar-refractivity contribution is 8.13. The topological polar surface area (TPSA) is 117 Å². The van der Waals surface area contributed by atoms with Gasteiger partial charge < -0.3 is 15.3 Å². The van der Waals surface area contributed by atoms with Crippen LogP contribution >= 0.6 is 11.8 Å². The van der Waals surface area contributed by atoms with Crippen LogP contribution in [0.4, 0.5) is 14.5 Å². The molecule has 4 fully saturated rings. The van der Waals surface area contributed by atoms with E-state index in [-0.39, 0.29) is 23.2 Å². The van der Waals surface area contributed by atoms with Crippen LogP contribution in [0.2, 0.25) is 0 Å². The highest BCUT2D eigenvalue weighted by Gasteiger charge is 2.88. The molecule has 41 heavy (non-hydrogen) atoms. The number of carbonyl (C=O) groups excluding carboxylic acids is 2. The average molecular weight is 587 g/mol. The fourth-order valence-electron chi connectivity index (χ4n) is 10.0. The van der Waals surface area contributed by atoms with E-state index in [0.717, 1.165) is 36.2 Å². The van der Waals surface area contributed by atoms with E-state index in [1.165, 1.54) is 24.1 Å². The summed E-state index contributed by atoms with van der Waals surface area (Å²) in [4.78, 5) is 29.9. The number of pyridine rings is 1. The highest BCUT2D eigenvalue weighted by Crippen LogP contribution is 2.90. The number of aromatic nitrogens is 1. The number of hydrogen-bond acceptors (Lipinski definition) is 7. The van der Waals surface area contributed by atoms with Crippen LogP contribution in [0.25, 0.3) is 0 Å². The number of nitrogens with one attached hydrogen (secondary N) is 1. The fourth-order valence-corrected chi connectivity index (χ4v) is 10.7. The number of hydrogen-bond donors (Lipinski definition) is 3. The molecule has 10 heteroatoms. The molecular formula is C31H38F2N3O4S+. The molecule has 7 atom stereocenters. The van der Waals surface area contributed by atoms with E-state index in [1.54, 1.807) is 13.0 Å². The standard InChI is InChI=1S/C31H37F2N3O4S/c1-4-25(38)40-31(26(39)41-17-32)10-8-22-28(31,3)13-23(37)30-16-29(22,30)9-7-19-11-21(18(14-34)12-27(19,30)2)36-20-5-6-24(33)35-15-20/h5-6,11,14-15,22-23,34,36-37H,4,7-10,12-13,16-17H2,1-3H3/p+1/t22?,23-,27-,28-,29+,30?,31-/m0/s1. The van der Waals surface area contributed by atoms with Gasteiger partial charge in [0.1, 0.15) is 11.7 Å². The summed E-state index contributed by atoms with van der Waals surface area (Å²) in [5.41, 5.74) is 0.439. The molecule has 0 radical (unpaired) electrons. The van der Waals surface area contributed by atoms with Crippen LogP contribution in [-0.2, 0) is 14.3 Å². The van der Waals surface area contributed by atoms with Crippen molar-refractivity contribution in [2.45, 2.75) is 83.8 Å². The molecule has 5 aliphatic carbocycles. The number of quaternary nitrogens is 1. The zero-order valence-electron chi connectivity index (χ0n) is 23.8. The van der Waals surface area contributed by atoms with E-state index in [2.05, 4.69) is 18.0 Å². The van der Waals surface area contributed by atoms with E-state index in [4.69, 9.17) is 10.1 Å². The van der Waals surface area contributed by atoms with Gasteiger partial charge in [-0.1, -0.05) is 26.3 Å². The summed E-state index contributed by atoms with van der Waals surface area (Å²) in [6.07, 6.45) is 8.75. The van der Waals surface area contributed by atoms with Crippen molar-refractivity contribution in [2.24, 2.45) is 27.6 Å². The number of allylic oxidation sites excluding steroid dienone is 3. The second-order valence-electron chi connectivity index (χ2n) is 13.1. The van der Waals surface area contributed by atoms with Crippen LogP contribution in [0.1, 0.15) is 72.1 Å². The first-order valence-corrected chi connectivity index (χ1v) is 15.5. The summed E-state index contributed by atoms with van der Waals surface area (Å²) in [5, 5.41) is 21.9. The fraction of sp³-hybridized carbons (Fsp3) is 0.613. The van der Waals surface area contributed by atoms with Crippen molar-refractivity contribution < 1.29 is 33.5 Å². The van der Waals surface area contributed by atoms with E-state index in [9.17, 15) is 23.5 Å². The van der Waals surface area contributed by atoms with Crippen LogP contribution in [0, 0.1) is 38.9 Å². The van der Waals surface area contributed by atoms with Gasteiger partial charge in [-0.15, -0.1) is 0 Å². The number of ether oxygens (including phenoxy) is 1. The lowest BCUT2D eigenvalue weighted by Crippen LogP contribution is -2.76. The smallest absolute Gasteiger partial charge is 0.306 e. The average Bonchev–Trinajstić information content (AvgIpc) is 3.59. The van der Waals surface area contributed by atoms with Gasteiger partial charge in [-0.2, -0.15) is 4.39 Å². The van der Waals surface area contributed by atoms with Crippen molar-refractivity contribution in [1.29, 1.82) is 5.41 Å². The quantitative estimate of drug-likeness (QED) is 0.238. The predicted molar refractivity (Wildman–Crippen MR) is 150 cm³/mol. The van der Waals surface area contributed by atoms with Gasteiger partial charge in [-0.3, -0.25) is 14.9 Å². The van der Waals surface area contributed by atoms with Crippen LogP contribution < -0.4 is 5.32 Å². The first kappa shape index (κ1) is 28.7. The van der Waals surface area contributed by atoms with Gasteiger partial charge >= 0.3 is 5.97 Å². The second-order valence-corrected chi connectivity index (χ2v) is 14.0. The lowest BCUT2D eigenvalue weighted by atomic mass is 9.45. The molecule has 0 spiro atoms. The van der Waals surface area contributed by atoms with Crippen molar-refractivity contribution in [3.8, 4) is 0 Å². The number of halogens is 2. The van der Waals surface area contributed by atoms with Crippen molar-refractivity contribution >= 4 is 34.7 Å². The molecule has 2 unspecified atom stereocenters. The first-order valence-electron chi connectivity index (χ1n) is 14.5. The van der Waals surface area contributed by atoms with Gasteiger partial charge in [0.15, 0.2) is 11.3 Å². The number of carbonyl (C=O) groups is 2. The zero-order chi connectivity index (χ0) is 29.4. The van der Waals surface area contributed by atoms with Crippen molar-refractivity contribution in [2.75, 3.05) is 6.01 Å². The lowest BCUT2D eigenvalue weighted by molar-refractivity contribution is -0.513. The molecule has 0 aromatic carbocycles. The maximum absolute atomic E-state index is 13.5. The second kappa shape index (κ2) is 9.54. The van der Waals surface area contributed by atoms with E-state index < -0.39 is 45.6 Å². The molecule has 0 saturated heterocycles. The Morgan fingerprint density at radius 1 is 1.32 bits per heavy atom. The number of nitrogens with zero attached hydrogens (tertiary/aromatic N) is 1. The van der Waals surface area contributed by atoms with Crippen LogP contribution in [0.3, 0.4) is 0 Å². The van der Waals surface area contributed by atoms with E-state index in [0.29, 0.717) is 37.4 Å². The molecule has 0 bridgehead atoms. The third-order valence-corrected chi connectivity index (χ3v) is 12.5. The Bertz CT molecular complexity index is 1380. The number of fused-ring (bicyclic) bond motifs is 2. The van der Waals surface area contributed by atoms with Gasteiger partial charge in [0.25, 0.3) is 0 Å². The van der Waals surface area contributed by atoms with Crippen LogP contribution in [0.15, 0.2) is 41.2 Å². The number of rotatable bonds is 7. The van der Waals surface area contributed by atoms with Gasteiger partial charge in [0.2, 0.25) is 11.1 Å². The molecule has 4 N–H and O–H groups in total. The zero-order valence-corrected chi connectivity index (χ0v) is 24.6. The van der Waals surface area contributed by atoms with Crippen molar-refractivity contribution in [3.63, 3.8) is 0 Å². The van der Waals surface area contributed by atoms with Gasteiger partial charge in [-0.25, -0.2) is 9.37 Å². The molecule has 0 amide bonds. The summed E-state index contributed by atoms with van der Waals surface area (Å²) in [6, 6.07) is 2.10. The normalized spacial score (nSPS) is 40.5. The molecule has 7 nitrogen and oxygen atoms in total. The number of aliphatic hydroxyl groups excluding tert-OH is 1. The summed E-state index contributed by atoms with van der Waals surface area (Å²) in [5.74, 6) is -0.984. The Labute approximate surface area is 243 Å². The number of aliphatic hydroxyl groups is 1. The van der Waals surface area contributed by atoms with Gasteiger partial charge in [0, 0.05) is 40.5 Å². The van der Waals surface area contributed by atoms with Crippen LogP contribution in [-0.4, -0.2) is 45.1 Å². The maximum atomic E-state index is 13.5. The predicted octanol–water partition coefficient (Wildman–Crippen LogP) is 4.89. The van der Waals surface area contributed by atoms with Gasteiger partial charge in [-0.05, 0) is 80.2 Å². The summed E-state index contributed by atoms with van der Waals surface area (Å²) in [7, 11) is 0. The largest absolute Gasteiger partial charge is 0.449 e. The summed E-state index contributed by atoms with van der Waals surface area (Å²) < 4.78 is 32.8.